The molecule has 3 aromatic rings. The third-order valence-corrected chi connectivity index (χ3v) is 3.30. The number of nitrogens with zero attached hydrogens (tertiary/aromatic N) is 2. The Morgan fingerprint density at radius 3 is 2.75 bits per heavy atom. The van der Waals surface area contributed by atoms with Crippen LogP contribution >= 0.6 is 0 Å². The van der Waals surface area contributed by atoms with Crippen molar-refractivity contribution in [1.29, 1.82) is 0 Å². The summed E-state index contributed by atoms with van der Waals surface area (Å²) in [6.45, 7) is 0. The molecule has 5 nitrogen and oxygen atoms in total. The van der Waals surface area contributed by atoms with E-state index in [1.807, 2.05) is 19.2 Å². The van der Waals surface area contributed by atoms with E-state index in [2.05, 4.69) is 4.98 Å². The molecule has 0 radical (unpaired) electrons. The smallest absolute Gasteiger partial charge is 0.335 e. The molecule has 0 saturated heterocycles. The highest BCUT2D eigenvalue weighted by Gasteiger charge is 2.13. The van der Waals surface area contributed by atoms with Gasteiger partial charge in [-0.2, -0.15) is 0 Å². The number of rotatable bonds is 2. The predicted molar refractivity (Wildman–Crippen MR) is 74.8 cm³/mol. The SMILES string of the molecule is Cn1c(-c2cc(C(=O)O)ccn2)cc2cccc(O)c21. The van der Waals surface area contributed by atoms with E-state index in [4.69, 9.17) is 5.11 Å². The minimum absolute atomic E-state index is 0.185. The Balaban J connectivity index is 2.25. The average molecular weight is 268 g/mol. The number of carboxylic acid groups (broad SMARTS) is 1. The van der Waals surface area contributed by atoms with Gasteiger partial charge in [-0.05, 0) is 24.3 Å². The molecular formula is C15H12N2O3. The molecule has 5 heteroatoms. The first kappa shape index (κ1) is 12.2. The van der Waals surface area contributed by atoms with Crippen molar-refractivity contribution in [3.05, 3.63) is 48.2 Å². The highest BCUT2D eigenvalue weighted by Crippen LogP contribution is 2.31. The number of hydrogen-bond acceptors (Lipinski definition) is 3. The summed E-state index contributed by atoms with van der Waals surface area (Å²) in [5.74, 6) is -0.805. The van der Waals surface area contributed by atoms with Gasteiger partial charge >= 0.3 is 5.97 Å². The lowest BCUT2D eigenvalue weighted by Crippen LogP contribution is -1.99. The summed E-state index contributed by atoms with van der Waals surface area (Å²) in [5, 5.41) is 19.8. The maximum Gasteiger partial charge on any atom is 0.335 e. The number of phenolic OH excluding ortho intramolecular Hbond substituents is 1. The number of carboxylic acids is 1. The molecule has 0 aliphatic carbocycles. The van der Waals surface area contributed by atoms with Gasteiger partial charge in [0.25, 0.3) is 0 Å². The van der Waals surface area contributed by atoms with Crippen molar-refractivity contribution >= 4 is 16.9 Å². The topological polar surface area (TPSA) is 75.4 Å². The van der Waals surface area contributed by atoms with Gasteiger partial charge < -0.3 is 14.8 Å². The minimum atomic E-state index is -0.990. The largest absolute Gasteiger partial charge is 0.506 e. The molecule has 2 aromatic heterocycles. The number of hydrogen-bond donors (Lipinski definition) is 2. The first-order valence-corrected chi connectivity index (χ1v) is 6.05. The Morgan fingerprint density at radius 2 is 2.05 bits per heavy atom. The van der Waals surface area contributed by atoms with Crippen LogP contribution in [0.25, 0.3) is 22.3 Å². The van der Waals surface area contributed by atoms with Crippen molar-refractivity contribution in [3.8, 4) is 17.1 Å². The van der Waals surface area contributed by atoms with Gasteiger partial charge in [-0.3, -0.25) is 4.98 Å². The second kappa shape index (κ2) is 4.38. The quantitative estimate of drug-likeness (QED) is 0.749. The van der Waals surface area contributed by atoms with Gasteiger partial charge in [0, 0.05) is 18.6 Å². The van der Waals surface area contributed by atoms with Gasteiger partial charge in [-0.1, -0.05) is 12.1 Å². The van der Waals surface area contributed by atoms with E-state index in [0.717, 1.165) is 11.1 Å². The van der Waals surface area contributed by atoms with Gasteiger partial charge in [-0.25, -0.2) is 4.79 Å². The minimum Gasteiger partial charge on any atom is -0.506 e. The zero-order chi connectivity index (χ0) is 14.3. The number of carbonyl (C=O) groups is 1. The lowest BCUT2D eigenvalue weighted by molar-refractivity contribution is 0.0697. The maximum atomic E-state index is 11.0. The van der Waals surface area contributed by atoms with Crippen LogP contribution in [0.5, 0.6) is 5.75 Å². The van der Waals surface area contributed by atoms with E-state index in [1.165, 1.54) is 18.3 Å². The number of aromatic hydroxyl groups is 1. The zero-order valence-electron chi connectivity index (χ0n) is 10.7. The monoisotopic (exact) mass is 268 g/mol. The lowest BCUT2D eigenvalue weighted by Gasteiger charge is -2.05. The van der Waals surface area contributed by atoms with Gasteiger partial charge in [0.05, 0.1) is 22.5 Å². The van der Waals surface area contributed by atoms with E-state index in [-0.39, 0.29) is 11.3 Å². The fourth-order valence-corrected chi connectivity index (χ4v) is 2.34. The molecule has 0 unspecified atom stereocenters. The molecule has 0 fully saturated rings. The Kier molecular flexibility index (Phi) is 2.68. The number of benzene rings is 1. The molecule has 1 aromatic carbocycles. The molecular weight excluding hydrogens is 256 g/mol. The molecule has 0 amide bonds. The first-order chi connectivity index (χ1) is 9.58. The van der Waals surface area contributed by atoms with Crippen LogP contribution in [0.15, 0.2) is 42.6 Å². The van der Waals surface area contributed by atoms with Crippen molar-refractivity contribution < 1.29 is 15.0 Å². The molecule has 2 heterocycles. The molecule has 0 aliphatic heterocycles. The Hall–Kier alpha value is -2.82. The van der Waals surface area contributed by atoms with Crippen molar-refractivity contribution in [1.82, 2.24) is 9.55 Å². The summed E-state index contributed by atoms with van der Waals surface area (Å²) in [5.41, 5.74) is 2.20. The number of fused-ring (bicyclic) bond motifs is 1. The normalized spacial score (nSPS) is 10.8. The van der Waals surface area contributed by atoms with Crippen molar-refractivity contribution in [2.75, 3.05) is 0 Å². The van der Waals surface area contributed by atoms with Crippen LogP contribution in [-0.4, -0.2) is 25.7 Å². The van der Waals surface area contributed by atoms with Gasteiger partial charge in [0.2, 0.25) is 0 Å². The van der Waals surface area contributed by atoms with Gasteiger partial charge in [0.15, 0.2) is 0 Å². The number of aromatic nitrogens is 2. The van der Waals surface area contributed by atoms with E-state index in [9.17, 15) is 9.90 Å². The number of para-hydroxylation sites is 1. The third kappa shape index (κ3) is 1.80. The zero-order valence-corrected chi connectivity index (χ0v) is 10.7. The summed E-state index contributed by atoms with van der Waals surface area (Å²) >= 11 is 0. The Bertz CT molecular complexity index is 821. The number of phenols is 1. The summed E-state index contributed by atoms with van der Waals surface area (Å²) in [6, 6.07) is 10.1. The number of aromatic carboxylic acids is 1. The molecule has 0 saturated carbocycles. The summed E-state index contributed by atoms with van der Waals surface area (Å²) in [7, 11) is 1.81. The van der Waals surface area contributed by atoms with E-state index in [1.54, 1.807) is 16.7 Å². The average Bonchev–Trinajstić information content (AvgIpc) is 2.77. The van der Waals surface area contributed by atoms with Crippen LogP contribution in [0.1, 0.15) is 10.4 Å². The molecule has 100 valence electrons. The van der Waals surface area contributed by atoms with E-state index < -0.39 is 5.97 Å². The van der Waals surface area contributed by atoms with Crippen molar-refractivity contribution in [2.24, 2.45) is 7.05 Å². The second-order valence-corrected chi connectivity index (χ2v) is 4.54. The molecule has 2 N–H and O–H groups in total. The van der Waals surface area contributed by atoms with E-state index >= 15 is 0 Å². The standard InChI is InChI=1S/C15H12N2O3/c1-17-12(8-9-3-2-4-13(18)14(9)17)11-7-10(15(19)20)5-6-16-11/h2-8,18H,1H3,(H,19,20). The number of aryl methyl sites for hydroxylation is 1. The first-order valence-electron chi connectivity index (χ1n) is 6.05. The Labute approximate surface area is 114 Å². The Morgan fingerprint density at radius 1 is 1.25 bits per heavy atom. The highest BCUT2D eigenvalue weighted by molar-refractivity contribution is 5.92. The van der Waals surface area contributed by atoms with Crippen molar-refractivity contribution in [2.45, 2.75) is 0 Å². The lowest BCUT2D eigenvalue weighted by atomic mass is 10.2. The molecule has 0 aliphatic rings. The maximum absolute atomic E-state index is 11.0. The predicted octanol–water partition coefficient (Wildman–Crippen LogP) is 2.64. The molecule has 0 spiro atoms. The van der Waals surface area contributed by atoms with Crippen molar-refractivity contribution in [3.63, 3.8) is 0 Å². The van der Waals surface area contributed by atoms with E-state index in [0.29, 0.717) is 11.2 Å². The van der Waals surface area contributed by atoms with Crippen LogP contribution in [0, 0.1) is 0 Å². The van der Waals surface area contributed by atoms with Gasteiger partial charge in [-0.15, -0.1) is 0 Å². The van der Waals surface area contributed by atoms with Crippen LogP contribution in [0.2, 0.25) is 0 Å². The third-order valence-electron chi connectivity index (χ3n) is 3.30. The second-order valence-electron chi connectivity index (χ2n) is 4.54. The molecule has 20 heavy (non-hydrogen) atoms. The van der Waals surface area contributed by atoms with Crippen LogP contribution < -0.4 is 0 Å². The van der Waals surface area contributed by atoms with Crippen LogP contribution in [0.4, 0.5) is 0 Å². The molecule has 3 rings (SSSR count). The summed E-state index contributed by atoms with van der Waals surface area (Å²) in [6.07, 6.45) is 1.47. The molecule has 0 atom stereocenters. The fraction of sp³-hybridized carbons (Fsp3) is 0.0667. The summed E-state index contributed by atoms with van der Waals surface area (Å²) in [4.78, 5) is 15.2. The summed E-state index contributed by atoms with van der Waals surface area (Å²) < 4.78 is 1.80. The highest BCUT2D eigenvalue weighted by atomic mass is 16.4. The molecule has 0 bridgehead atoms. The van der Waals surface area contributed by atoms with Crippen LogP contribution in [-0.2, 0) is 7.05 Å². The van der Waals surface area contributed by atoms with Crippen LogP contribution in [0.3, 0.4) is 0 Å². The van der Waals surface area contributed by atoms with Gasteiger partial charge in [0.1, 0.15) is 5.75 Å². The number of pyridine rings is 1. The fourth-order valence-electron chi connectivity index (χ4n) is 2.34.